The van der Waals surface area contributed by atoms with Crippen LogP contribution in [0.3, 0.4) is 0 Å². The van der Waals surface area contributed by atoms with Gasteiger partial charge in [-0.2, -0.15) is 8.42 Å². The lowest BCUT2D eigenvalue weighted by atomic mass is 10.1. The highest BCUT2D eigenvalue weighted by Gasteiger charge is 2.36. The second-order valence-corrected chi connectivity index (χ2v) is 7.64. The molecule has 2 aromatic rings. The highest BCUT2D eigenvalue weighted by atomic mass is 32.2. The molecule has 11 heteroatoms. The first-order valence-electron chi connectivity index (χ1n) is 7.53. The molecule has 0 saturated carbocycles. The van der Waals surface area contributed by atoms with Crippen molar-refractivity contribution in [1.29, 1.82) is 0 Å². The van der Waals surface area contributed by atoms with E-state index in [4.69, 9.17) is 0 Å². The molecular weight excluding hydrogens is 387 g/mol. The molecule has 0 atom stereocenters. The number of halogens is 3. The van der Waals surface area contributed by atoms with Crippen molar-refractivity contribution in [3.63, 3.8) is 0 Å². The number of alkyl halides is 3. The minimum Gasteiger partial charge on any atom is -0.405 e. The summed E-state index contributed by atoms with van der Waals surface area (Å²) in [4.78, 5) is 12.4. The second kappa shape index (κ2) is 6.34. The average Bonchev–Trinajstić information content (AvgIpc) is 2.74. The second-order valence-electron chi connectivity index (χ2n) is 5.64. The van der Waals surface area contributed by atoms with Crippen LogP contribution in [-0.4, -0.2) is 34.8 Å². The molecular formula is C16H14F3N3O4S. The van der Waals surface area contributed by atoms with Crippen LogP contribution < -0.4 is 18.7 Å². The van der Waals surface area contributed by atoms with Gasteiger partial charge in [-0.3, -0.25) is 13.4 Å². The van der Waals surface area contributed by atoms with Gasteiger partial charge in [0.05, 0.1) is 16.9 Å². The van der Waals surface area contributed by atoms with Crippen molar-refractivity contribution < 1.29 is 31.1 Å². The largest absolute Gasteiger partial charge is 0.573 e. The van der Waals surface area contributed by atoms with E-state index in [1.807, 2.05) is 0 Å². The number of nitrogens with one attached hydrogen (secondary N) is 1. The van der Waals surface area contributed by atoms with E-state index < -0.39 is 28.2 Å². The Labute approximate surface area is 153 Å². The topological polar surface area (TPSA) is 79.0 Å². The Morgan fingerprint density at radius 2 is 1.67 bits per heavy atom. The Hall–Kier alpha value is -2.95. The van der Waals surface area contributed by atoms with E-state index in [-0.39, 0.29) is 11.3 Å². The quantitative estimate of drug-likeness (QED) is 0.858. The number of rotatable bonds is 3. The maximum atomic E-state index is 12.5. The number of ether oxygens (including phenoxy) is 1. The summed E-state index contributed by atoms with van der Waals surface area (Å²) in [6.07, 6.45) is -4.94. The van der Waals surface area contributed by atoms with Gasteiger partial charge >= 0.3 is 16.6 Å². The smallest absolute Gasteiger partial charge is 0.405 e. The maximum Gasteiger partial charge on any atom is 0.573 e. The van der Waals surface area contributed by atoms with Crippen molar-refractivity contribution in [2.45, 2.75) is 6.36 Å². The van der Waals surface area contributed by atoms with Crippen LogP contribution in [0.4, 0.5) is 30.2 Å². The van der Waals surface area contributed by atoms with Crippen molar-refractivity contribution in [3.8, 4) is 5.75 Å². The van der Waals surface area contributed by atoms with Crippen molar-refractivity contribution >= 4 is 33.2 Å². The lowest BCUT2D eigenvalue weighted by Gasteiger charge is -2.14. The van der Waals surface area contributed by atoms with Gasteiger partial charge in [0.2, 0.25) is 0 Å². The normalized spacial score (nSPS) is 15.4. The third-order valence-electron chi connectivity index (χ3n) is 3.96. The van der Waals surface area contributed by atoms with Gasteiger partial charge in [-0.25, -0.2) is 0 Å². The molecule has 144 valence electrons. The number of benzene rings is 2. The van der Waals surface area contributed by atoms with Gasteiger partial charge in [-0.15, -0.1) is 13.2 Å². The lowest BCUT2D eigenvalue weighted by Crippen LogP contribution is -2.32. The van der Waals surface area contributed by atoms with Crippen molar-refractivity contribution in [3.05, 3.63) is 48.0 Å². The monoisotopic (exact) mass is 401 g/mol. The summed E-state index contributed by atoms with van der Waals surface area (Å²) >= 11 is 0. The van der Waals surface area contributed by atoms with E-state index in [1.165, 1.54) is 50.5 Å². The molecule has 0 fully saturated rings. The Morgan fingerprint density at radius 1 is 1.04 bits per heavy atom. The summed E-state index contributed by atoms with van der Waals surface area (Å²) in [7, 11) is -0.932. The van der Waals surface area contributed by atoms with E-state index in [9.17, 15) is 26.4 Å². The average molecular weight is 401 g/mol. The Morgan fingerprint density at radius 3 is 2.33 bits per heavy atom. The molecule has 0 saturated heterocycles. The first kappa shape index (κ1) is 18.8. The predicted molar refractivity (Wildman–Crippen MR) is 93.2 cm³/mol. The van der Waals surface area contributed by atoms with Crippen LogP contribution in [0, 0.1) is 0 Å². The van der Waals surface area contributed by atoms with E-state index in [2.05, 4.69) is 10.1 Å². The number of fused-ring (bicyclic) bond motifs is 1. The standard InChI is InChI=1S/C16H14F3N3O4S/c1-21-12-8-7-10(9-13(12)22(2)27(21,24)25)20-15(23)11-5-3-4-6-14(11)26-16(17,18)19/h3-9H,1-2H3,(H,20,23). The SMILES string of the molecule is CN1c2ccc(NC(=O)c3ccccc3OC(F)(F)F)cc2N(C)S1(=O)=O. The van der Waals surface area contributed by atoms with Gasteiger partial charge in [0.25, 0.3) is 5.91 Å². The number of amides is 1. The predicted octanol–water partition coefficient (Wildman–Crippen LogP) is 2.97. The number of para-hydroxylation sites is 1. The fourth-order valence-electron chi connectivity index (χ4n) is 2.62. The van der Waals surface area contributed by atoms with Crippen LogP contribution in [0.5, 0.6) is 5.75 Å². The first-order chi connectivity index (χ1) is 12.5. The third kappa shape index (κ3) is 3.50. The zero-order chi connectivity index (χ0) is 20.0. The molecule has 0 unspecified atom stereocenters. The molecule has 2 aromatic carbocycles. The van der Waals surface area contributed by atoms with Crippen molar-refractivity contribution in [2.75, 3.05) is 28.0 Å². The number of carbonyl (C=O) groups excluding carboxylic acids is 1. The van der Waals surface area contributed by atoms with Gasteiger partial charge < -0.3 is 10.1 Å². The Kier molecular flexibility index (Phi) is 4.42. The highest BCUT2D eigenvalue weighted by Crippen LogP contribution is 2.40. The number of nitrogens with zero attached hydrogens (tertiary/aromatic N) is 2. The van der Waals surface area contributed by atoms with Gasteiger partial charge in [-0.05, 0) is 30.3 Å². The summed E-state index contributed by atoms with van der Waals surface area (Å²) in [5, 5.41) is 2.45. The van der Waals surface area contributed by atoms with E-state index >= 15 is 0 Å². The molecule has 0 aliphatic carbocycles. The molecule has 0 aromatic heterocycles. The minimum absolute atomic E-state index is 0.220. The van der Waals surface area contributed by atoms with Crippen LogP contribution in [-0.2, 0) is 10.2 Å². The lowest BCUT2D eigenvalue weighted by molar-refractivity contribution is -0.274. The van der Waals surface area contributed by atoms with Gasteiger partial charge in [0.15, 0.2) is 0 Å². The molecule has 0 spiro atoms. The fourth-order valence-corrected chi connectivity index (χ4v) is 3.78. The van der Waals surface area contributed by atoms with Crippen LogP contribution >= 0.6 is 0 Å². The van der Waals surface area contributed by atoms with Crippen LogP contribution in [0.25, 0.3) is 0 Å². The van der Waals surface area contributed by atoms with Gasteiger partial charge in [0, 0.05) is 19.8 Å². The maximum absolute atomic E-state index is 12.5. The number of carbonyl (C=O) groups is 1. The summed E-state index contributed by atoms with van der Waals surface area (Å²) in [5.74, 6) is -1.46. The number of hydrogen-bond acceptors (Lipinski definition) is 4. The van der Waals surface area contributed by atoms with E-state index in [1.54, 1.807) is 0 Å². The molecule has 1 aliphatic heterocycles. The minimum atomic E-state index is -4.94. The summed E-state index contributed by atoms with van der Waals surface area (Å²) in [6.45, 7) is 0. The van der Waals surface area contributed by atoms with E-state index in [0.29, 0.717) is 11.4 Å². The highest BCUT2D eigenvalue weighted by molar-refractivity contribution is 7.94. The molecule has 1 heterocycles. The molecule has 0 bridgehead atoms. The molecule has 1 aliphatic rings. The van der Waals surface area contributed by atoms with E-state index in [0.717, 1.165) is 14.7 Å². The summed E-state index contributed by atoms with van der Waals surface area (Å²) in [6, 6.07) is 9.29. The molecule has 1 N–H and O–H groups in total. The molecule has 1 amide bonds. The number of anilines is 3. The van der Waals surface area contributed by atoms with Crippen molar-refractivity contribution in [2.24, 2.45) is 0 Å². The zero-order valence-electron chi connectivity index (χ0n) is 14.1. The third-order valence-corrected chi connectivity index (χ3v) is 5.74. The van der Waals surface area contributed by atoms with Crippen LogP contribution in [0.15, 0.2) is 42.5 Å². The van der Waals surface area contributed by atoms with Gasteiger partial charge in [-0.1, -0.05) is 12.1 Å². The molecule has 0 radical (unpaired) electrons. The van der Waals surface area contributed by atoms with Crippen LogP contribution in [0.2, 0.25) is 0 Å². The van der Waals surface area contributed by atoms with Crippen molar-refractivity contribution in [1.82, 2.24) is 0 Å². The first-order valence-corrected chi connectivity index (χ1v) is 8.93. The summed E-state index contributed by atoms with van der Waals surface area (Å²) in [5.41, 5.74) is 0.651. The molecule has 27 heavy (non-hydrogen) atoms. The Bertz CT molecular complexity index is 1010. The molecule has 7 nitrogen and oxygen atoms in total. The number of hydrogen-bond donors (Lipinski definition) is 1. The van der Waals surface area contributed by atoms with Crippen LogP contribution in [0.1, 0.15) is 10.4 Å². The summed E-state index contributed by atoms with van der Waals surface area (Å²) < 4.78 is 67.7. The Balaban J connectivity index is 1.88. The molecule has 3 rings (SSSR count). The van der Waals surface area contributed by atoms with Gasteiger partial charge in [0.1, 0.15) is 5.75 Å². The fraction of sp³-hybridized carbons (Fsp3) is 0.188. The zero-order valence-corrected chi connectivity index (χ0v) is 14.9.